The van der Waals surface area contributed by atoms with E-state index in [1.165, 1.54) is 0 Å². The largest absolute Gasteiger partial charge is 0.394 e. The summed E-state index contributed by atoms with van der Waals surface area (Å²) in [4.78, 5) is 0. The Labute approximate surface area is 298 Å². The molecule has 0 amide bonds. The van der Waals surface area contributed by atoms with E-state index in [2.05, 4.69) is 0 Å². The zero-order valence-corrected chi connectivity index (χ0v) is 28.6. The van der Waals surface area contributed by atoms with Crippen LogP contribution in [0.1, 0.15) is 0 Å². The standard InChI is InChI=1S/C27H44O23S2/c28-1-8-12(31)14(33)15(34)25(45-8)49-19-11-5-43-22(19)23(41-3-7(30)6-51-52(38,39)40)27(47-11)50-20-13(32)9(2-29)46-26(17(20)36)48-18-10-4-42-21(18)16(35)24(37)44-10/h7-37H,1-6H2,(H,38,39,40)/t7?,8-,9-,10+,11+,12+,13-,14+,15-,16+,17-,18+,19+,20+,21+,22+,23+,24-,25+,26+,27+/m1/s1. The Hall–Kier alpha value is -0.540. The summed E-state index contributed by atoms with van der Waals surface area (Å²) in [7, 11) is -4.49. The fraction of sp³-hybridized carbons (Fsp3) is 1.00. The van der Waals surface area contributed by atoms with Crippen LogP contribution in [0, 0.1) is 0 Å². The molecule has 0 aromatic heterocycles. The molecule has 6 heterocycles. The molecule has 6 fully saturated rings. The molecule has 1 unspecified atom stereocenters. The van der Waals surface area contributed by atoms with Crippen LogP contribution < -0.4 is 0 Å². The predicted molar refractivity (Wildman–Crippen MR) is 161 cm³/mol. The molecule has 4 bridgehead atoms. The zero-order chi connectivity index (χ0) is 37.6. The van der Waals surface area contributed by atoms with Gasteiger partial charge in [0.1, 0.15) is 97.7 Å². The van der Waals surface area contributed by atoms with Crippen LogP contribution in [0.4, 0.5) is 0 Å². The fourth-order valence-corrected chi connectivity index (χ4v) is 8.28. The number of hydrogen-bond donors (Lipinski definition) is 11. The van der Waals surface area contributed by atoms with Gasteiger partial charge in [-0.3, -0.25) is 4.55 Å². The Kier molecular flexibility index (Phi) is 13.4. The van der Waals surface area contributed by atoms with Crippen LogP contribution in [0.5, 0.6) is 0 Å². The smallest absolute Gasteiger partial charge is 0.319 e. The van der Waals surface area contributed by atoms with E-state index in [9.17, 15) is 59.5 Å². The lowest BCUT2D eigenvalue weighted by Crippen LogP contribution is -2.66. The molecule has 21 atom stereocenters. The third-order valence-electron chi connectivity index (χ3n) is 9.56. The quantitative estimate of drug-likeness (QED) is 0.0574. The second-order valence-electron chi connectivity index (χ2n) is 13.1. The number of aliphatic hydroxyl groups excluding tert-OH is 10. The second-order valence-corrected chi connectivity index (χ2v) is 16.5. The van der Waals surface area contributed by atoms with E-state index in [4.69, 9.17) is 51.9 Å². The Balaban J connectivity index is 1.20. The van der Waals surface area contributed by atoms with Crippen molar-refractivity contribution >= 4 is 19.9 Å². The van der Waals surface area contributed by atoms with Gasteiger partial charge in [-0.25, -0.2) is 0 Å². The molecule has 52 heavy (non-hydrogen) atoms. The Morgan fingerprint density at radius 3 is 1.83 bits per heavy atom. The summed E-state index contributed by atoms with van der Waals surface area (Å²) in [6.07, 6.45) is -30.5. The maximum absolute atomic E-state index is 11.4. The highest BCUT2D eigenvalue weighted by Gasteiger charge is 2.59. The maximum Gasteiger partial charge on any atom is 0.319 e. The molecular formula is C27H44O23S2. The minimum atomic E-state index is -4.52. The van der Waals surface area contributed by atoms with Gasteiger partial charge in [0.25, 0.3) is 0 Å². The van der Waals surface area contributed by atoms with Gasteiger partial charge in [-0.15, -0.1) is 0 Å². The molecule has 0 aromatic rings. The lowest BCUT2D eigenvalue weighted by Gasteiger charge is -2.47. The van der Waals surface area contributed by atoms with Crippen LogP contribution in [-0.2, 0) is 56.5 Å². The van der Waals surface area contributed by atoms with Crippen LogP contribution in [-0.4, -0.2) is 232 Å². The van der Waals surface area contributed by atoms with E-state index in [1.807, 2.05) is 0 Å². The molecule has 6 rings (SSSR count). The minimum absolute atomic E-state index is 0.0271. The average molecular weight is 801 g/mol. The summed E-state index contributed by atoms with van der Waals surface area (Å²) in [6.45, 7) is -2.41. The van der Waals surface area contributed by atoms with E-state index >= 15 is 0 Å². The molecule has 302 valence electrons. The van der Waals surface area contributed by atoms with E-state index in [1.54, 1.807) is 0 Å². The molecule has 0 aliphatic carbocycles. The molecule has 25 heteroatoms. The Bertz CT molecular complexity index is 1280. The first kappa shape index (κ1) is 41.1. The molecule has 11 N–H and O–H groups in total. The van der Waals surface area contributed by atoms with E-state index in [-0.39, 0.29) is 24.0 Å². The normalized spacial score (nSPS) is 50.0. The topological polar surface area (TPSA) is 349 Å². The third kappa shape index (κ3) is 8.56. The van der Waals surface area contributed by atoms with Gasteiger partial charge in [0.15, 0.2) is 25.2 Å². The molecule has 0 aromatic carbocycles. The summed E-state index contributed by atoms with van der Waals surface area (Å²) in [6, 6.07) is 0. The molecule has 6 aliphatic heterocycles. The number of rotatable bonds is 14. The summed E-state index contributed by atoms with van der Waals surface area (Å²) >= 11 is 0. The van der Waals surface area contributed by atoms with Gasteiger partial charge >= 0.3 is 9.15 Å². The van der Waals surface area contributed by atoms with Crippen molar-refractivity contribution in [2.24, 2.45) is 0 Å². The van der Waals surface area contributed by atoms with Crippen molar-refractivity contribution in [2.45, 2.75) is 129 Å². The molecule has 6 aliphatic rings. The number of ether oxygens (including phenoxy) is 10. The zero-order valence-electron chi connectivity index (χ0n) is 27.0. The average Bonchev–Trinajstić information content (AvgIpc) is 3.57. The van der Waals surface area contributed by atoms with Gasteiger partial charge in [-0.05, 0) is 10.8 Å². The van der Waals surface area contributed by atoms with Crippen molar-refractivity contribution in [1.82, 2.24) is 0 Å². The van der Waals surface area contributed by atoms with E-state index in [0.29, 0.717) is 0 Å². The highest BCUT2D eigenvalue weighted by molar-refractivity contribution is 8.69. The van der Waals surface area contributed by atoms with Crippen LogP contribution in [0.2, 0.25) is 0 Å². The Morgan fingerprint density at radius 1 is 0.635 bits per heavy atom. The molecule has 23 nitrogen and oxygen atoms in total. The van der Waals surface area contributed by atoms with Crippen molar-refractivity contribution in [3.05, 3.63) is 0 Å². The summed E-state index contributed by atoms with van der Waals surface area (Å²) < 4.78 is 88.9. The lowest BCUT2D eigenvalue weighted by molar-refractivity contribution is -0.374. The van der Waals surface area contributed by atoms with Gasteiger partial charge < -0.3 is 98.4 Å². The monoisotopic (exact) mass is 800 g/mol. The second kappa shape index (κ2) is 16.9. The van der Waals surface area contributed by atoms with Crippen molar-refractivity contribution < 1.29 is 111 Å². The van der Waals surface area contributed by atoms with Gasteiger partial charge in [0.2, 0.25) is 0 Å². The maximum atomic E-state index is 11.4. The van der Waals surface area contributed by atoms with Crippen molar-refractivity contribution in [1.29, 1.82) is 0 Å². The Morgan fingerprint density at radius 2 is 1.19 bits per heavy atom. The van der Waals surface area contributed by atoms with Crippen molar-refractivity contribution in [2.75, 3.05) is 38.8 Å². The van der Waals surface area contributed by atoms with E-state index < -0.39 is 164 Å². The van der Waals surface area contributed by atoms with Crippen LogP contribution >= 0.6 is 10.8 Å². The first-order valence-corrected chi connectivity index (χ1v) is 19.3. The van der Waals surface area contributed by atoms with Crippen LogP contribution in [0.3, 0.4) is 0 Å². The molecule has 6 saturated heterocycles. The SMILES string of the molecule is O=S(=O)(O)SCC(O)CO[C@@H]1[C@H](O[C@@H]2[C@@H](O)[C@H](O[C@@H]3[C@H]4OC[C@@H]3O[C@@H](O)[C@H]4O)O[C@H](CO)[C@H]2O)O[C@H]2CO[C@H]1[C@H]2O[C@@H]1O[C@H](CO)[C@H](O)[C@H](O)[C@H]1O. The fourth-order valence-electron chi connectivity index (χ4n) is 6.87. The summed E-state index contributed by atoms with van der Waals surface area (Å²) in [5, 5.41) is 104. The minimum Gasteiger partial charge on any atom is -0.394 e. The van der Waals surface area contributed by atoms with Gasteiger partial charge in [0.05, 0.1) is 39.1 Å². The van der Waals surface area contributed by atoms with Gasteiger partial charge in [-0.2, -0.15) is 8.42 Å². The van der Waals surface area contributed by atoms with Crippen molar-refractivity contribution in [3.63, 3.8) is 0 Å². The molecular weight excluding hydrogens is 756 g/mol. The highest BCUT2D eigenvalue weighted by Crippen LogP contribution is 2.39. The van der Waals surface area contributed by atoms with Crippen LogP contribution in [0.25, 0.3) is 0 Å². The number of aliphatic hydroxyl groups is 10. The van der Waals surface area contributed by atoms with Crippen molar-refractivity contribution in [3.8, 4) is 0 Å². The number of hydrogen-bond acceptors (Lipinski definition) is 23. The summed E-state index contributed by atoms with van der Waals surface area (Å²) in [5.74, 6) is -0.534. The third-order valence-corrected chi connectivity index (χ3v) is 11.7. The van der Waals surface area contributed by atoms with Crippen LogP contribution in [0.15, 0.2) is 0 Å². The molecule has 0 radical (unpaired) electrons. The van der Waals surface area contributed by atoms with Gasteiger partial charge in [0, 0.05) is 5.75 Å². The predicted octanol–water partition coefficient (Wildman–Crippen LogP) is -7.74. The lowest BCUT2D eigenvalue weighted by atomic mass is 9.96. The van der Waals surface area contributed by atoms with Gasteiger partial charge in [-0.1, -0.05) is 0 Å². The first-order chi connectivity index (χ1) is 24.6. The molecule has 0 spiro atoms. The number of fused-ring (bicyclic) bond motifs is 4. The molecule has 0 saturated carbocycles. The van der Waals surface area contributed by atoms with E-state index in [0.717, 1.165) is 0 Å². The summed E-state index contributed by atoms with van der Waals surface area (Å²) in [5.41, 5.74) is 0. The first-order valence-electron chi connectivity index (χ1n) is 16.3. The highest BCUT2D eigenvalue weighted by atomic mass is 33.1.